The molecule has 3 nitrogen and oxygen atoms in total. The molecule has 0 aromatic heterocycles. The van der Waals surface area contributed by atoms with Crippen molar-refractivity contribution < 1.29 is 12.2 Å². The van der Waals surface area contributed by atoms with E-state index in [9.17, 15) is 0 Å². The fraction of sp³-hybridized carbons (Fsp3) is 0.625. The Balaban J connectivity index is 1.89. The number of hydrogen-bond donors (Lipinski definition) is 0. The SMILES string of the molecule is [2H]C([2H])(OC)C12CCCN1C(c1ccc(OC)cc1)CC2. The van der Waals surface area contributed by atoms with Gasteiger partial charge in [0, 0.05) is 18.7 Å². The minimum absolute atomic E-state index is 0.281. The van der Waals surface area contributed by atoms with E-state index in [1.54, 1.807) is 7.11 Å². The fourth-order valence-corrected chi connectivity index (χ4v) is 3.68. The molecule has 3 rings (SSSR count). The highest BCUT2D eigenvalue weighted by Crippen LogP contribution is 2.48. The Hall–Kier alpha value is -1.06. The maximum atomic E-state index is 8.29. The highest BCUT2D eigenvalue weighted by molar-refractivity contribution is 5.30. The number of ether oxygens (including phenoxy) is 2. The number of fused-ring (bicyclic) bond motifs is 1. The van der Waals surface area contributed by atoms with Crippen LogP contribution in [0.3, 0.4) is 0 Å². The normalized spacial score (nSPS) is 32.8. The van der Waals surface area contributed by atoms with Crippen molar-refractivity contribution in [2.24, 2.45) is 0 Å². The molecule has 0 aliphatic carbocycles. The van der Waals surface area contributed by atoms with Crippen molar-refractivity contribution >= 4 is 0 Å². The van der Waals surface area contributed by atoms with Gasteiger partial charge in [0.05, 0.1) is 16.4 Å². The summed E-state index contributed by atoms with van der Waals surface area (Å²) in [5, 5.41) is 0. The molecular formula is C16H23NO2. The fourth-order valence-electron chi connectivity index (χ4n) is 3.68. The highest BCUT2D eigenvalue weighted by Gasteiger charge is 2.49. The molecule has 0 N–H and O–H groups in total. The second-order valence-corrected chi connectivity index (χ2v) is 5.46. The van der Waals surface area contributed by atoms with Crippen molar-refractivity contribution in [1.82, 2.24) is 4.90 Å². The van der Waals surface area contributed by atoms with Gasteiger partial charge in [0.25, 0.3) is 0 Å². The first-order valence-electron chi connectivity index (χ1n) is 8.00. The smallest absolute Gasteiger partial charge is 0.118 e. The van der Waals surface area contributed by atoms with Crippen LogP contribution >= 0.6 is 0 Å². The molecule has 2 saturated heterocycles. The molecule has 0 amide bonds. The Morgan fingerprint density at radius 2 is 2.11 bits per heavy atom. The van der Waals surface area contributed by atoms with Gasteiger partial charge in [0.1, 0.15) is 5.75 Å². The number of benzene rings is 1. The third kappa shape index (κ3) is 2.15. The topological polar surface area (TPSA) is 21.7 Å². The van der Waals surface area contributed by atoms with Gasteiger partial charge in [-0.3, -0.25) is 4.90 Å². The molecule has 104 valence electrons. The molecule has 0 radical (unpaired) electrons. The monoisotopic (exact) mass is 263 g/mol. The van der Waals surface area contributed by atoms with Crippen LogP contribution in [0.1, 0.15) is 40.0 Å². The minimum Gasteiger partial charge on any atom is -0.497 e. The molecule has 19 heavy (non-hydrogen) atoms. The molecule has 2 atom stereocenters. The van der Waals surface area contributed by atoms with Crippen LogP contribution < -0.4 is 4.74 Å². The van der Waals surface area contributed by atoms with Gasteiger partial charge in [0.15, 0.2) is 0 Å². The van der Waals surface area contributed by atoms with E-state index in [0.29, 0.717) is 0 Å². The predicted octanol–water partition coefficient (Wildman–Crippen LogP) is 3.01. The van der Waals surface area contributed by atoms with Crippen molar-refractivity contribution in [3.05, 3.63) is 29.8 Å². The summed E-state index contributed by atoms with van der Waals surface area (Å²) in [7, 11) is 3.15. The summed E-state index contributed by atoms with van der Waals surface area (Å²) in [5.41, 5.74) is 0.776. The van der Waals surface area contributed by atoms with Crippen LogP contribution in [0, 0.1) is 0 Å². The van der Waals surface area contributed by atoms with Crippen LogP contribution in [0.5, 0.6) is 5.75 Å². The maximum Gasteiger partial charge on any atom is 0.118 e. The first-order valence-corrected chi connectivity index (χ1v) is 7.00. The largest absolute Gasteiger partial charge is 0.497 e. The van der Waals surface area contributed by atoms with Gasteiger partial charge in [-0.1, -0.05) is 12.1 Å². The minimum atomic E-state index is -1.59. The quantitative estimate of drug-likeness (QED) is 0.833. The summed E-state index contributed by atoms with van der Waals surface area (Å²) < 4.78 is 27.0. The van der Waals surface area contributed by atoms with E-state index >= 15 is 0 Å². The van der Waals surface area contributed by atoms with Crippen molar-refractivity contribution in [2.75, 3.05) is 27.3 Å². The van der Waals surface area contributed by atoms with E-state index in [1.165, 1.54) is 12.7 Å². The molecular weight excluding hydrogens is 238 g/mol. The zero-order chi connectivity index (χ0) is 15.1. The van der Waals surface area contributed by atoms with Crippen LogP contribution in [0.25, 0.3) is 0 Å². The molecule has 0 bridgehead atoms. The second kappa shape index (κ2) is 5.14. The van der Waals surface area contributed by atoms with E-state index in [4.69, 9.17) is 12.2 Å². The number of nitrogens with zero attached hydrogens (tertiary/aromatic N) is 1. The van der Waals surface area contributed by atoms with E-state index in [0.717, 1.165) is 38.0 Å². The Morgan fingerprint density at radius 1 is 1.32 bits per heavy atom. The molecule has 0 spiro atoms. The van der Waals surface area contributed by atoms with E-state index < -0.39 is 12.1 Å². The van der Waals surface area contributed by atoms with Crippen molar-refractivity contribution in [2.45, 2.75) is 37.3 Å². The number of rotatable bonds is 4. The summed E-state index contributed by atoms with van der Waals surface area (Å²) in [6.45, 7) is -0.649. The van der Waals surface area contributed by atoms with E-state index in [2.05, 4.69) is 17.0 Å². The average molecular weight is 263 g/mol. The predicted molar refractivity (Wildman–Crippen MR) is 75.5 cm³/mol. The Labute approximate surface area is 118 Å². The zero-order valence-corrected chi connectivity index (χ0v) is 11.7. The Kier molecular flexibility index (Phi) is 2.89. The van der Waals surface area contributed by atoms with Gasteiger partial charge in [-0.05, 0) is 49.9 Å². The van der Waals surface area contributed by atoms with Crippen molar-refractivity contribution in [1.29, 1.82) is 0 Å². The lowest BCUT2D eigenvalue weighted by atomic mass is 9.95. The van der Waals surface area contributed by atoms with Gasteiger partial charge in [-0.25, -0.2) is 0 Å². The van der Waals surface area contributed by atoms with Gasteiger partial charge in [-0.15, -0.1) is 0 Å². The van der Waals surface area contributed by atoms with E-state index in [-0.39, 0.29) is 6.04 Å². The third-order valence-corrected chi connectivity index (χ3v) is 4.54. The van der Waals surface area contributed by atoms with Crippen LogP contribution in [0.2, 0.25) is 0 Å². The molecule has 2 aliphatic rings. The second-order valence-electron chi connectivity index (χ2n) is 5.46. The van der Waals surface area contributed by atoms with Crippen LogP contribution in [-0.2, 0) is 4.74 Å². The van der Waals surface area contributed by atoms with E-state index in [1.807, 2.05) is 12.1 Å². The standard InChI is InChI=1S/C16H23NO2/c1-18-12-16-9-3-11-17(16)15(8-10-16)13-4-6-14(19-2)7-5-13/h4-7,15H,3,8-12H2,1-2H3/i12D2. The first-order chi connectivity index (χ1) is 10.0. The first kappa shape index (κ1) is 10.7. The summed E-state index contributed by atoms with van der Waals surface area (Å²) in [5.74, 6) is 0.858. The summed E-state index contributed by atoms with van der Waals surface area (Å²) in [4.78, 5) is 2.33. The number of methoxy groups -OCH3 is 2. The van der Waals surface area contributed by atoms with Gasteiger partial charge in [0.2, 0.25) is 0 Å². The van der Waals surface area contributed by atoms with Crippen molar-refractivity contribution in [3.63, 3.8) is 0 Å². The molecule has 1 aromatic rings. The molecule has 2 unspecified atom stereocenters. The lowest BCUT2D eigenvalue weighted by Gasteiger charge is -2.34. The molecule has 2 fully saturated rings. The Morgan fingerprint density at radius 3 is 2.79 bits per heavy atom. The molecule has 1 aromatic carbocycles. The lowest BCUT2D eigenvalue weighted by molar-refractivity contribution is 0.0496. The van der Waals surface area contributed by atoms with Crippen molar-refractivity contribution in [3.8, 4) is 5.75 Å². The molecule has 2 aliphatic heterocycles. The maximum absolute atomic E-state index is 8.29. The van der Waals surface area contributed by atoms with Gasteiger partial charge in [-0.2, -0.15) is 0 Å². The molecule has 2 heterocycles. The molecule has 0 saturated carbocycles. The molecule has 3 heteroatoms. The van der Waals surface area contributed by atoms with Gasteiger partial charge < -0.3 is 9.47 Å². The van der Waals surface area contributed by atoms with Gasteiger partial charge >= 0.3 is 0 Å². The summed E-state index contributed by atoms with van der Waals surface area (Å²) >= 11 is 0. The summed E-state index contributed by atoms with van der Waals surface area (Å²) in [6.07, 6.45) is 3.75. The average Bonchev–Trinajstić information content (AvgIpc) is 3.07. The third-order valence-electron chi connectivity index (χ3n) is 4.54. The summed E-state index contributed by atoms with van der Waals surface area (Å²) in [6, 6.07) is 8.44. The van der Waals surface area contributed by atoms with Crippen LogP contribution in [0.4, 0.5) is 0 Å². The van der Waals surface area contributed by atoms with Crippen LogP contribution in [-0.4, -0.2) is 37.8 Å². The Bertz CT molecular complexity index is 506. The zero-order valence-electron chi connectivity index (χ0n) is 13.7. The highest BCUT2D eigenvalue weighted by atomic mass is 16.5. The lowest BCUT2D eigenvalue weighted by Crippen LogP contribution is -2.43. The number of hydrogen-bond acceptors (Lipinski definition) is 3. The van der Waals surface area contributed by atoms with Crippen LogP contribution in [0.15, 0.2) is 24.3 Å².